The molecule has 0 radical (unpaired) electrons. The van der Waals surface area contributed by atoms with E-state index in [2.05, 4.69) is 0 Å². The Morgan fingerprint density at radius 3 is 2.50 bits per heavy atom. The molecule has 0 saturated heterocycles. The van der Waals surface area contributed by atoms with Gasteiger partial charge >= 0.3 is 0 Å². The van der Waals surface area contributed by atoms with Gasteiger partial charge in [-0.25, -0.2) is 0 Å². The molecular weight excluding hydrogens is 156 g/mol. The second-order valence-electron chi connectivity index (χ2n) is 2.18. The molecule has 0 N–H and O–H groups in total. The van der Waals surface area contributed by atoms with Crippen molar-refractivity contribution in [1.29, 1.82) is 0 Å². The lowest BCUT2D eigenvalue weighted by Crippen LogP contribution is -1.81. The maximum atomic E-state index is 8.81. The van der Waals surface area contributed by atoms with E-state index in [9.17, 15) is 0 Å². The van der Waals surface area contributed by atoms with E-state index in [-0.39, 0.29) is 0 Å². The first-order valence-electron chi connectivity index (χ1n) is 3.68. The van der Waals surface area contributed by atoms with Crippen LogP contribution in [0.5, 0.6) is 0 Å². The lowest BCUT2D eigenvalue weighted by atomic mass is 10.4. The Labute approximate surface area is 72.3 Å². The molecule has 1 rings (SSSR count). The van der Waals surface area contributed by atoms with Gasteiger partial charge < -0.3 is 13.9 Å². The zero-order valence-corrected chi connectivity index (χ0v) is 7.66. The van der Waals surface area contributed by atoms with Crippen molar-refractivity contribution >= 4 is 6.29 Å². The first-order valence-corrected chi connectivity index (χ1v) is 3.68. The van der Waals surface area contributed by atoms with Gasteiger partial charge in [-0.2, -0.15) is 0 Å². The van der Waals surface area contributed by atoms with Crippen LogP contribution in [0.3, 0.4) is 0 Å². The first-order chi connectivity index (χ1) is 5.74. The summed E-state index contributed by atoms with van der Waals surface area (Å²) in [6.45, 7) is 3.92. The Morgan fingerprint density at radius 1 is 1.58 bits per heavy atom. The minimum absolute atomic E-state index is 0.563. The molecule has 1 heterocycles. The van der Waals surface area contributed by atoms with Crippen molar-refractivity contribution in [2.45, 2.75) is 20.5 Å². The summed E-state index contributed by atoms with van der Waals surface area (Å²) < 4.78 is 10.0. The Balaban J connectivity index is 0.000000354. The number of rotatable bonds is 2. The average Bonchev–Trinajstić information content (AvgIpc) is 2.38. The lowest BCUT2D eigenvalue weighted by Gasteiger charge is -1.90. The first kappa shape index (κ1) is 10.9. The van der Waals surface area contributed by atoms with Crippen LogP contribution in [0.25, 0.3) is 0 Å². The highest BCUT2D eigenvalue weighted by Gasteiger charge is 1.94. The van der Waals surface area contributed by atoms with Crippen molar-refractivity contribution in [3.8, 4) is 0 Å². The topological polar surface area (TPSA) is 39.4 Å². The molecule has 3 nitrogen and oxygen atoms in total. The molecule has 0 amide bonds. The zero-order valence-electron chi connectivity index (χ0n) is 7.66. The summed E-state index contributed by atoms with van der Waals surface area (Å²) in [5.74, 6) is 1.82. The number of hydrogen-bond acceptors (Lipinski definition) is 3. The minimum atomic E-state index is 0.563. The number of carbonyl (C=O) groups excluding carboxylic acids is 1. The van der Waals surface area contributed by atoms with Crippen molar-refractivity contribution in [3.05, 3.63) is 23.7 Å². The summed E-state index contributed by atoms with van der Waals surface area (Å²) in [6, 6.07) is 3.84. The van der Waals surface area contributed by atoms with Gasteiger partial charge in [-0.1, -0.05) is 0 Å². The van der Waals surface area contributed by atoms with Gasteiger partial charge in [0.25, 0.3) is 0 Å². The molecule has 0 aromatic carbocycles. The average molecular weight is 170 g/mol. The summed E-state index contributed by atoms with van der Waals surface area (Å²) in [4.78, 5) is 8.81. The SMILES string of the molecule is CC=O.COCc1ccc(C)o1. The quantitative estimate of drug-likeness (QED) is 0.637. The van der Waals surface area contributed by atoms with Crippen molar-refractivity contribution in [2.24, 2.45) is 0 Å². The van der Waals surface area contributed by atoms with Crippen LogP contribution < -0.4 is 0 Å². The van der Waals surface area contributed by atoms with E-state index in [1.54, 1.807) is 7.11 Å². The van der Waals surface area contributed by atoms with Crippen molar-refractivity contribution in [2.75, 3.05) is 7.11 Å². The highest BCUT2D eigenvalue weighted by atomic mass is 16.5. The molecule has 1 aromatic rings. The molecule has 12 heavy (non-hydrogen) atoms. The normalized spacial score (nSPS) is 8.58. The highest BCUT2D eigenvalue weighted by Crippen LogP contribution is 2.06. The molecule has 0 spiro atoms. The Hall–Kier alpha value is -1.09. The third-order valence-corrected chi connectivity index (χ3v) is 1.08. The summed E-state index contributed by atoms with van der Waals surface area (Å²) in [6.07, 6.45) is 0.750. The predicted molar refractivity (Wildman–Crippen MR) is 45.9 cm³/mol. The van der Waals surface area contributed by atoms with Gasteiger partial charge in [0.1, 0.15) is 24.4 Å². The molecule has 3 heteroatoms. The number of aryl methyl sites for hydroxylation is 1. The zero-order chi connectivity index (χ0) is 9.40. The molecule has 68 valence electrons. The van der Waals surface area contributed by atoms with Gasteiger partial charge in [-0.15, -0.1) is 0 Å². The third kappa shape index (κ3) is 4.68. The monoisotopic (exact) mass is 170 g/mol. The number of methoxy groups -OCH3 is 1. The maximum Gasteiger partial charge on any atom is 0.129 e. The summed E-state index contributed by atoms with van der Waals surface area (Å²) >= 11 is 0. The van der Waals surface area contributed by atoms with Crippen LogP contribution in [0.1, 0.15) is 18.4 Å². The fraction of sp³-hybridized carbons (Fsp3) is 0.444. The lowest BCUT2D eigenvalue weighted by molar-refractivity contribution is -0.106. The third-order valence-electron chi connectivity index (χ3n) is 1.08. The molecule has 0 atom stereocenters. The van der Waals surface area contributed by atoms with E-state index < -0.39 is 0 Å². The molecule has 0 aliphatic heterocycles. The van der Waals surface area contributed by atoms with E-state index in [0.717, 1.165) is 17.8 Å². The van der Waals surface area contributed by atoms with Crippen LogP contribution in [-0.2, 0) is 16.1 Å². The number of carbonyl (C=O) groups is 1. The second-order valence-corrected chi connectivity index (χ2v) is 2.18. The van der Waals surface area contributed by atoms with Crippen LogP contribution in [0.15, 0.2) is 16.5 Å². The fourth-order valence-electron chi connectivity index (χ4n) is 0.705. The van der Waals surface area contributed by atoms with Crippen LogP contribution in [0.2, 0.25) is 0 Å². The summed E-state index contributed by atoms with van der Waals surface area (Å²) in [5, 5.41) is 0. The number of ether oxygens (including phenoxy) is 1. The van der Waals surface area contributed by atoms with Crippen LogP contribution >= 0.6 is 0 Å². The Kier molecular flexibility index (Phi) is 6.01. The van der Waals surface area contributed by atoms with Gasteiger partial charge in [-0.05, 0) is 26.0 Å². The fourth-order valence-corrected chi connectivity index (χ4v) is 0.705. The largest absolute Gasteiger partial charge is 0.464 e. The maximum absolute atomic E-state index is 8.81. The smallest absolute Gasteiger partial charge is 0.129 e. The molecular formula is C9H14O3. The van der Waals surface area contributed by atoms with E-state index in [4.69, 9.17) is 13.9 Å². The second kappa shape index (κ2) is 6.61. The Bertz CT molecular complexity index is 215. The molecule has 1 aromatic heterocycles. The van der Waals surface area contributed by atoms with Crippen molar-refractivity contribution in [3.63, 3.8) is 0 Å². The van der Waals surface area contributed by atoms with E-state index in [1.807, 2.05) is 19.1 Å². The molecule has 0 aliphatic carbocycles. The van der Waals surface area contributed by atoms with Gasteiger partial charge in [0, 0.05) is 7.11 Å². The van der Waals surface area contributed by atoms with Crippen LogP contribution in [-0.4, -0.2) is 13.4 Å². The van der Waals surface area contributed by atoms with Crippen LogP contribution in [0.4, 0.5) is 0 Å². The highest BCUT2D eigenvalue weighted by molar-refractivity contribution is 5.44. The molecule has 0 bridgehead atoms. The van der Waals surface area contributed by atoms with Gasteiger partial charge in [0.15, 0.2) is 0 Å². The van der Waals surface area contributed by atoms with E-state index in [0.29, 0.717) is 6.61 Å². The van der Waals surface area contributed by atoms with Gasteiger partial charge in [-0.3, -0.25) is 0 Å². The number of hydrogen-bond donors (Lipinski definition) is 0. The van der Waals surface area contributed by atoms with Crippen LogP contribution in [0, 0.1) is 6.92 Å². The minimum Gasteiger partial charge on any atom is -0.464 e. The van der Waals surface area contributed by atoms with E-state index >= 15 is 0 Å². The Morgan fingerprint density at radius 2 is 2.17 bits per heavy atom. The van der Waals surface area contributed by atoms with E-state index in [1.165, 1.54) is 6.92 Å². The van der Waals surface area contributed by atoms with Gasteiger partial charge in [0.2, 0.25) is 0 Å². The van der Waals surface area contributed by atoms with Crippen molar-refractivity contribution < 1.29 is 13.9 Å². The number of furan rings is 1. The van der Waals surface area contributed by atoms with Crippen molar-refractivity contribution in [1.82, 2.24) is 0 Å². The standard InChI is InChI=1S/C7H10O2.C2H4O/c1-6-3-4-7(9-6)5-8-2;1-2-3/h3-4H,5H2,1-2H3;2H,1H3. The summed E-state index contributed by atoms with van der Waals surface area (Å²) in [5.41, 5.74) is 0. The number of aldehydes is 1. The molecule has 0 fully saturated rings. The molecule has 0 aliphatic rings. The molecule has 0 saturated carbocycles. The predicted octanol–water partition coefficient (Wildman–Crippen LogP) is 1.94. The van der Waals surface area contributed by atoms with Gasteiger partial charge in [0.05, 0.1) is 0 Å². The summed E-state index contributed by atoms with van der Waals surface area (Å²) in [7, 11) is 1.65. The molecule has 0 unspecified atom stereocenters.